The number of methoxy groups -OCH3 is 1. The molecule has 2 amide bonds. The summed E-state index contributed by atoms with van der Waals surface area (Å²) in [5.74, 6) is -1.11. The fraction of sp³-hybridized carbons (Fsp3) is 0.471. The summed E-state index contributed by atoms with van der Waals surface area (Å²) in [6.07, 6.45) is 1.01. The predicted molar refractivity (Wildman–Crippen MR) is 90.4 cm³/mol. The third-order valence-electron chi connectivity index (χ3n) is 3.63. The second kappa shape index (κ2) is 9.54. The van der Waals surface area contributed by atoms with E-state index in [1.807, 2.05) is 13.8 Å². The number of carboxylic acid groups (broad SMARTS) is 1. The highest BCUT2D eigenvalue weighted by atomic mass is 16.5. The summed E-state index contributed by atoms with van der Waals surface area (Å²) >= 11 is 0. The Morgan fingerprint density at radius 1 is 1.17 bits per heavy atom. The summed E-state index contributed by atoms with van der Waals surface area (Å²) in [5.41, 5.74) is 0.484. The van der Waals surface area contributed by atoms with Crippen molar-refractivity contribution in [3.8, 4) is 5.75 Å². The van der Waals surface area contributed by atoms with Crippen molar-refractivity contribution >= 4 is 23.5 Å². The number of rotatable bonds is 9. The topological polar surface area (TPSA) is 95.9 Å². The molecule has 7 nitrogen and oxygen atoms in total. The minimum Gasteiger partial charge on any atom is -0.496 e. The lowest BCUT2D eigenvalue weighted by atomic mass is 10.1. The van der Waals surface area contributed by atoms with Crippen LogP contribution in [0.25, 0.3) is 0 Å². The predicted octanol–water partition coefficient (Wildman–Crippen LogP) is 2.37. The molecule has 1 rings (SSSR count). The van der Waals surface area contributed by atoms with Gasteiger partial charge in [0.25, 0.3) is 0 Å². The fourth-order valence-corrected chi connectivity index (χ4v) is 2.30. The largest absolute Gasteiger partial charge is 0.496 e. The van der Waals surface area contributed by atoms with Gasteiger partial charge in [-0.3, -0.25) is 9.59 Å². The molecule has 2 N–H and O–H groups in total. The minimum absolute atomic E-state index is 0.0281. The molecule has 24 heavy (non-hydrogen) atoms. The molecule has 0 heterocycles. The molecule has 0 bridgehead atoms. The van der Waals surface area contributed by atoms with Crippen LogP contribution in [0, 0.1) is 0 Å². The van der Waals surface area contributed by atoms with Crippen molar-refractivity contribution in [2.24, 2.45) is 0 Å². The lowest BCUT2D eigenvalue weighted by Crippen LogP contribution is -2.30. The zero-order chi connectivity index (χ0) is 18.1. The molecular weight excluding hydrogens is 312 g/mol. The monoisotopic (exact) mass is 336 g/mol. The third kappa shape index (κ3) is 5.57. The van der Waals surface area contributed by atoms with Crippen LogP contribution in [-0.4, -0.2) is 48.0 Å². The first-order valence-electron chi connectivity index (χ1n) is 7.91. The highest BCUT2D eigenvalue weighted by Gasteiger charge is 2.13. The number of ether oxygens (including phenoxy) is 1. The van der Waals surface area contributed by atoms with Gasteiger partial charge in [-0.1, -0.05) is 0 Å². The number of hydrogen-bond acceptors (Lipinski definition) is 4. The van der Waals surface area contributed by atoms with Gasteiger partial charge in [0.1, 0.15) is 11.3 Å². The zero-order valence-electron chi connectivity index (χ0n) is 14.3. The molecule has 0 saturated carbocycles. The number of carbonyl (C=O) groups is 3. The van der Waals surface area contributed by atoms with Crippen LogP contribution < -0.4 is 10.1 Å². The number of nitrogens with zero attached hydrogens (tertiary/aromatic N) is 1. The molecule has 0 radical (unpaired) electrons. The summed E-state index contributed by atoms with van der Waals surface area (Å²) in [5, 5.41) is 11.7. The number of hydrogen-bond donors (Lipinski definition) is 2. The van der Waals surface area contributed by atoms with E-state index in [0.29, 0.717) is 31.6 Å². The number of benzene rings is 1. The Balaban J connectivity index is 2.54. The number of carboxylic acids is 1. The Labute approximate surface area is 141 Å². The number of nitrogens with one attached hydrogen (secondary N) is 1. The van der Waals surface area contributed by atoms with Crippen LogP contribution in [0.4, 0.5) is 5.69 Å². The molecular formula is C17H24N2O5. The molecule has 0 saturated heterocycles. The Hall–Kier alpha value is -2.57. The number of anilines is 1. The maximum Gasteiger partial charge on any atom is 0.339 e. The number of aromatic carboxylic acids is 1. The first kappa shape index (κ1) is 19.5. The van der Waals surface area contributed by atoms with E-state index in [4.69, 9.17) is 9.84 Å². The molecule has 132 valence electrons. The van der Waals surface area contributed by atoms with E-state index in [1.54, 1.807) is 4.90 Å². The average molecular weight is 336 g/mol. The van der Waals surface area contributed by atoms with Gasteiger partial charge < -0.3 is 20.1 Å². The standard InChI is InChI=1S/C17H24N2O5/c1-4-19(5-2)16(21)8-6-7-15(20)18-12-9-10-13(17(22)23)14(11-12)24-3/h9-11H,4-8H2,1-3H3,(H,18,20)(H,22,23). The van der Waals surface area contributed by atoms with Crippen LogP contribution in [-0.2, 0) is 9.59 Å². The van der Waals surface area contributed by atoms with Crippen molar-refractivity contribution in [2.75, 3.05) is 25.5 Å². The van der Waals surface area contributed by atoms with E-state index in [1.165, 1.54) is 25.3 Å². The van der Waals surface area contributed by atoms with E-state index in [2.05, 4.69) is 5.32 Å². The van der Waals surface area contributed by atoms with Gasteiger partial charge in [0.15, 0.2) is 0 Å². The van der Waals surface area contributed by atoms with Crippen LogP contribution >= 0.6 is 0 Å². The molecule has 0 aliphatic carbocycles. The highest BCUT2D eigenvalue weighted by molar-refractivity contribution is 5.94. The molecule has 0 fully saturated rings. The van der Waals surface area contributed by atoms with Gasteiger partial charge in [-0.15, -0.1) is 0 Å². The lowest BCUT2D eigenvalue weighted by molar-refractivity contribution is -0.131. The van der Waals surface area contributed by atoms with E-state index in [0.717, 1.165) is 0 Å². The molecule has 0 spiro atoms. The van der Waals surface area contributed by atoms with Crippen LogP contribution in [0.5, 0.6) is 5.75 Å². The van der Waals surface area contributed by atoms with Crippen molar-refractivity contribution in [1.29, 1.82) is 0 Å². The Bertz CT molecular complexity index is 597. The first-order valence-corrected chi connectivity index (χ1v) is 7.91. The van der Waals surface area contributed by atoms with Gasteiger partial charge in [-0.05, 0) is 32.4 Å². The van der Waals surface area contributed by atoms with E-state index in [9.17, 15) is 14.4 Å². The molecule has 1 aromatic rings. The number of carbonyl (C=O) groups excluding carboxylic acids is 2. The normalized spacial score (nSPS) is 10.1. The highest BCUT2D eigenvalue weighted by Crippen LogP contribution is 2.23. The third-order valence-corrected chi connectivity index (χ3v) is 3.63. The van der Waals surface area contributed by atoms with Crippen molar-refractivity contribution in [3.63, 3.8) is 0 Å². The SMILES string of the molecule is CCN(CC)C(=O)CCCC(=O)Nc1ccc(C(=O)O)c(OC)c1. The second-order valence-corrected chi connectivity index (χ2v) is 5.19. The lowest BCUT2D eigenvalue weighted by Gasteiger charge is -2.18. The van der Waals surface area contributed by atoms with Crippen molar-refractivity contribution in [1.82, 2.24) is 4.90 Å². The summed E-state index contributed by atoms with van der Waals surface area (Å²) in [7, 11) is 1.37. The maximum absolute atomic E-state index is 11.9. The Morgan fingerprint density at radius 3 is 2.38 bits per heavy atom. The molecule has 1 aromatic carbocycles. The second-order valence-electron chi connectivity index (χ2n) is 5.19. The molecule has 0 aromatic heterocycles. The van der Waals surface area contributed by atoms with Crippen molar-refractivity contribution < 1.29 is 24.2 Å². The van der Waals surface area contributed by atoms with E-state index >= 15 is 0 Å². The first-order chi connectivity index (χ1) is 11.4. The fourth-order valence-electron chi connectivity index (χ4n) is 2.30. The van der Waals surface area contributed by atoms with Gasteiger partial charge in [0, 0.05) is 37.7 Å². The smallest absolute Gasteiger partial charge is 0.339 e. The van der Waals surface area contributed by atoms with Gasteiger partial charge in [0.05, 0.1) is 7.11 Å². The summed E-state index contributed by atoms with van der Waals surface area (Å²) in [6.45, 7) is 5.17. The molecule has 7 heteroatoms. The van der Waals surface area contributed by atoms with Gasteiger partial charge in [-0.2, -0.15) is 0 Å². The number of amides is 2. The zero-order valence-corrected chi connectivity index (χ0v) is 14.3. The summed E-state index contributed by atoms with van der Waals surface area (Å²) < 4.78 is 5.01. The van der Waals surface area contributed by atoms with E-state index < -0.39 is 5.97 Å². The van der Waals surface area contributed by atoms with Crippen molar-refractivity contribution in [2.45, 2.75) is 33.1 Å². The van der Waals surface area contributed by atoms with Gasteiger partial charge >= 0.3 is 5.97 Å². The quantitative estimate of drug-likeness (QED) is 0.722. The van der Waals surface area contributed by atoms with Crippen LogP contribution in [0.2, 0.25) is 0 Å². The van der Waals surface area contributed by atoms with E-state index in [-0.39, 0.29) is 29.5 Å². The average Bonchev–Trinajstić information content (AvgIpc) is 2.55. The maximum atomic E-state index is 11.9. The van der Waals surface area contributed by atoms with Gasteiger partial charge in [-0.25, -0.2) is 4.79 Å². The van der Waals surface area contributed by atoms with Crippen molar-refractivity contribution in [3.05, 3.63) is 23.8 Å². The van der Waals surface area contributed by atoms with Crippen LogP contribution in [0.1, 0.15) is 43.5 Å². The molecule has 0 aliphatic rings. The summed E-state index contributed by atoms with van der Waals surface area (Å²) in [4.78, 5) is 36.5. The Kier molecular flexibility index (Phi) is 7.74. The van der Waals surface area contributed by atoms with Crippen LogP contribution in [0.15, 0.2) is 18.2 Å². The minimum atomic E-state index is -1.10. The van der Waals surface area contributed by atoms with Crippen LogP contribution in [0.3, 0.4) is 0 Å². The Morgan fingerprint density at radius 2 is 1.83 bits per heavy atom. The van der Waals surface area contributed by atoms with Gasteiger partial charge in [0.2, 0.25) is 11.8 Å². The molecule has 0 atom stereocenters. The molecule has 0 unspecified atom stereocenters. The summed E-state index contributed by atoms with van der Waals surface area (Å²) in [6, 6.07) is 4.34. The molecule has 0 aliphatic heterocycles.